The van der Waals surface area contributed by atoms with Gasteiger partial charge < -0.3 is 5.11 Å². The molecule has 5 heteroatoms. The number of aliphatic hydroxyl groups is 1. The maximum Gasteiger partial charge on any atom is 0.241 e. The molecule has 2 amide bonds. The molecule has 1 aliphatic heterocycles. The third-order valence-corrected chi connectivity index (χ3v) is 4.69. The smallest absolute Gasteiger partial charge is 0.241 e. The van der Waals surface area contributed by atoms with Gasteiger partial charge in [-0.2, -0.15) is 0 Å². The monoisotopic (exact) mass is 295 g/mol. The van der Waals surface area contributed by atoms with Crippen molar-refractivity contribution in [2.75, 3.05) is 4.90 Å². The first kappa shape index (κ1) is 13.2. The van der Waals surface area contributed by atoms with Crippen LogP contribution in [-0.4, -0.2) is 28.3 Å². The minimum atomic E-state index is -1.93. The van der Waals surface area contributed by atoms with E-state index in [1.807, 2.05) is 0 Å². The van der Waals surface area contributed by atoms with Crippen LogP contribution in [0.3, 0.4) is 0 Å². The minimum absolute atomic E-state index is 0.345. The van der Waals surface area contributed by atoms with Crippen LogP contribution >= 0.6 is 0 Å². The number of hydrogen-bond donors (Lipinski definition) is 1. The second kappa shape index (κ2) is 4.24. The number of ketones is 1. The highest BCUT2D eigenvalue weighted by molar-refractivity contribution is 6.25. The Bertz CT molecular complexity index is 751. The molecule has 5 rings (SSSR count). The lowest BCUT2D eigenvalue weighted by atomic mass is 9.70. The van der Waals surface area contributed by atoms with Crippen LogP contribution in [0.25, 0.3) is 0 Å². The van der Waals surface area contributed by atoms with E-state index in [1.165, 1.54) is 12.2 Å². The molecular weight excluding hydrogens is 282 g/mol. The van der Waals surface area contributed by atoms with Gasteiger partial charge in [0.05, 0.1) is 17.5 Å². The van der Waals surface area contributed by atoms with E-state index in [9.17, 15) is 19.5 Å². The summed E-state index contributed by atoms with van der Waals surface area (Å²) < 4.78 is 0. The molecule has 0 saturated carbocycles. The second-order valence-corrected chi connectivity index (χ2v) is 5.84. The van der Waals surface area contributed by atoms with E-state index in [0.717, 1.165) is 4.90 Å². The zero-order valence-corrected chi connectivity index (χ0v) is 11.5. The van der Waals surface area contributed by atoms with Crippen LogP contribution in [0.2, 0.25) is 0 Å². The van der Waals surface area contributed by atoms with Gasteiger partial charge >= 0.3 is 0 Å². The van der Waals surface area contributed by atoms with Crippen LogP contribution in [-0.2, 0) is 14.4 Å². The van der Waals surface area contributed by atoms with Crippen molar-refractivity contribution in [2.45, 2.75) is 5.60 Å². The number of anilines is 1. The van der Waals surface area contributed by atoms with Gasteiger partial charge in [-0.1, -0.05) is 30.4 Å². The molecule has 110 valence electrons. The number of carbonyl (C=O) groups is 3. The number of fused-ring (bicyclic) bond motifs is 1. The number of imide groups is 1. The molecule has 0 radical (unpaired) electrons. The normalized spacial score (nSPS) is 36.0. The van der Waals surface area contributed by atoms with Crippen molar-refractivity contribution in [3.8, 4) is 0 Å². The highest BCUT2D eigenvalue weighted by atomic mass is 16.3. The molecule has 1 N–H and O–H groups in total. The molecule has 0 aromatic heterocycles. The van der Waals surface area contributed by atoms with Crippen LogP contribution < -0.4 is 4.90 Å². The number of carbonyl (C=O) groups excluding carboxylic acids is 3. The number of para-hydroxylation sites is 1. The van der Waals surface area contributed by atoms with Crippen LogP contribution in [0.1, 0.15) is 0 Å². The molecule has 22 heavy (non-hydrogen) atoms. The van der Waals surface area contributed by atoms with Crippen molar-refractivity contribution in [1.82, 2.24) is 0 Å². The van der Waals surface area contributed by atoms with Crippen molar-refractivity contribution in [2.24, 2.45) is 17.8 Å². The molecule has 1 aromatic rings. The maximum atomic E-state index is 12.8. The first-order valence-corrected chi connectivity index (χ1v) is 7.11. The van der Waals surface area contributed by atoms with E-state index < -0.39 is 29.1 Å². The van der Waals surface area contributed by atoms with E-state index in [2.05, 4.69) is 0 Å². The molecular formula is C17H13NO4. The molecule has 5 nitrogen and oxygen atoms in total. The van der Waals surface area contributed by atoms with Crippen molar-refractivity contribution >= 4 is 23.3 Å². The first-order valence-electron chi connectivity index (χ1n) is 7.11. The van der Waals surface area contributed by atoms with E-state index >= 15 is 0 Å². The lowest BCUT2D eigenvalue weighted by Gasteiger charge is -2.33. The summed E-state index contributed by atoms with van der Waals surface area (Å²) in [6.45, 7) is 0. The summed E-state index contributed by atoms with van der Waals surface area (Å²) in [4.78, 5) is 38.8. The Balaban J connectivity index is 1.87. The van der Waals surface area contributed by atoms with Crippen LogP contribution in [0.5, 0.6) is 0 Å². The second-order valence-electron chi connectivity index (χ2n) is 5.84. The predicted octanol–water partition coefficient (Wildman–Crippen LogP) is 0.848. The van der Waals surface area contributed by atoms with Gasteiger partial charge in [-0.25, -0.2) is 4.90 Å². The van der Waals surface area contributed by atoms with Crippen LogP contribution in [0.15, 0.2) is 54.6 Å². The Morgan fingerprint density at radius 1 is 1.00 bits per heavy atom. The summed E-state index contributed by atoms with van der Waals surface area (Å²) >= 11 is 0. The summed E-state index contributed by atoms with van der Waals surface area (Å²) in [5, 5.41) is 10.7. The zero-order valence-electron chi connectivity index (χ0n) is 11.5. The summed E-state index contributed by atoms with van der Waals surface area (Å²) in [5.74, 6) is -3.57. The fraction of sp³-hybridized carbons (Fsp3) is 0.235. The van der Waals surface area contributed by atoms with Gasteiger partial charge in [0.1, 0.15) is 0 Å². The molecule has 1 fully saturated rings. The van der Waals surface area contributed by atoms with Crippen molar-refractivity contribution in [3.63, 3.8) is 0 Å². The quantitative estimate of drug-likeness (QED) is 0.615. The van der Waals surface area contributed by atoms with Crippen molar-refractivity contribution < 1.29 is 19.5 Å². The fourth-order valence-electron chi connectivity index (χ4n) is 3.61. The molecule has 4 atom stereocenters. The molecule has 0 spiro atoms. The Hall–Kier alpha value is -2.53. The highest BCUT2D eigenvalue weighted by Crippen LogP contribution is 2.47. The zero-order chi connectivity index (χ0) is 15.5. The lowest BCUT2D eigenvalue weighted by molar-refractivity contribution is -0.142. The van der Waals surface area contributed by atoms with Gasteiger partial charge in [-0.05, 0) is 24.3 Å². The number of rotatable bonds is 1. The van der Waals surface area contributed by atoms with Crippen molar-refractivity contribution in [3.05, 3.63) is 54.6 Å². The molecule has 1 saturated heterocycles. The molecule has 4 unspecified atom stereocenters. The SMILES string of the molecule is O=C1C2C3C=CC(=O)C(O)(C=C3)C2C(=O)N1c1ccccc1. The number of amides is 2. The van der Waals surface area contributed by atoms with Gasteiger partial charge in [0.15, 0.2) is 11.4 Å². The van der Waals surface area contributed by atoms with E-state index in [4.69, 9.17) is 0 Å². The topological polar surface area (TPSA) is 74.7 Å². The molecule has 2 bridgehead atoms. The highest BCUT2D eigenvalue weighted by Gasteiger charge is 2.63. The van der Waals surface area contributed by atoms with Gasteiger partial charge in [0, 0.05) is 5.92 Å². The Morgan fingerprint density at radius 3 is 2.45 bits per heavy atom. The summed E-state index contributed by atoms with van der Waals surface area (Å²) in [6.07, 6.45) is 5.88. The lowest BCUT2D eigenvalue weighted by Crippen LogP contribution is -2.50. The number of nitrogens with zero attached hydrogens (tertiary/aromatic N) is 1. The largest absolute Gasteiger partial charge is 0.377 e. The minimum Gasteiger partial charge on any atom is -0.377 e. The average Bonchev–Trinajstić information content (AvgIpc) is 2.63. The summed E-state index contributed by atoms with van der Waals surface area (Å²) in [6, 6.07) is 8.58. The molecule has 1 aromatic carbocycles. The third-order valence-electron chi connectivity index (χ3n) is 4.69. The Morgan fingerprint density at radius 2 is 1.73 bits per heavy atom. The van der Waals surface area contributed by atoms with Crippen molar-refractivity contribution in [1.29, 1.82) is 0 Å². The summed E-state index contributed by atoms with van der Waals surface area (Å²) in [5.41, 5.74) is -1.46. The van der Waals surface area contributed by atoms with E-state index in [-0.39, 0.29) is 11.8 Å². The number of allylic oxidation sites excluding steroid dienone is 2. The Kier molecular flexibility index (Phi) is 2.53. The van der Waals surface area contributed by atoms with Crippen LogP contribution in [0.4, 0.5) is 5.69 Å². The standard InChI is InChI=1S/C17H13NO4/c19-12-7-6-10-8-9-17(12,22)14-13(10)15(20)18(16(14)21)11-4-2-1-3-5-11/h1-10,13-14,22H. The third kappa shape index (κ3) is 1.49. The molecule has 4 aliphatic rings. The van der Waals surface area contributed by atoms with E-state index in [1.54, 1.807) is 42.5 Å². The number of benzene rings is 1. The first-order chi connectivity index (χ1) is 10.5. The molecule has 3 aliphatic carbocycles. The van der Waals surface area contributed by atoms with E-state index in [0.29, 0.717) is 5.69 Å². The van der Waals surface area contributed by atoms with Gasteiger partial charge in [-0.3, -0.25) is 14.4 Å². The molecule has 1 heterocycles. The Labute approximate surface area is 126 Å². The fourth-order valence-corrected chi connectivity index (χ4v) is 3.61. The summed E-state index contributed by atoms with van der Waals surface area (Å²) in [7, 11) is 0. The van der Waals surface area contributed by atoms with Gasteiger partial charge in [0.25, 0.3) is 0 Å². The van der Waals surface area contributed by atoms with Gasteiger partial charge in [-0.15, -0.1) is 0 Å². The maximum absolute atomic E-state index is 12.8. The predicted molar refractivity (Wildman–Crippen MR) is 77.6 cm³/mol. The average molecular weight is 295 g/mol. The van der Waals surface area contributed by atoms with Crippen LogP contribution in [0, 0.1) is 17.8 Å². The van der Waals surface area contributed by atoms with Gasteiger partial charge in [0.2, 0.25) is 11.8 Å². The number of hydrogen-bond acceptors (Lipinski definition) is 4.